The normalized spacial score (nSPS) is 20.0. The zero-order chi connectivity index (χ0) is 31.0. The van der Waals surface area contributed by atoms with Gasteiger partial charge in [0.05, 0.1) is 6.54 Å². The van der Waals surface area contributed by atoms with Gasteiger partial charge in [-0.25, -0.2) is 0 Å². The molecule has 41 heavy (non-hydrogen) atoms. The Hall–Kier alpha value is -2.82. The minimum absolute atomic E-state index is 0.00666. The highest BCUT2D eigenvalue weighted by Crippen LogP contribution is 2.46. The van der Waals surface area contributed by atoms with Crippen molar-refractivity contribution in [1.29, 1.82) is 5.41 Å². The quantitative estimate of drug-likeness (QED) is 0.0880. The number of aliphatic imine (C=N–C) groups is 1. The zero-order valence-electron chi connectivity index (χ0n) is 24.5. The molecule has 0 radical (unpaired) electrons. The van der Waals surface area contributed by atoms with Gasteiger partial charge in [-0.2, -0.15) is 0 Å². The van der Waals surface area contributed by atoms with Crippen molar-refractivity contribution in [2.75, 3.05) is 13.6 Å². The van der Waals surface area contributed by atoms with E-state index in [4.69, 9.17) is 39.3 Å². The van der Waals surface area contributed by atoms with Crippen LogP contribution >= 0.6 is 23.2 Å². The molecule has 0 spiro atoms. The van der Waals surface area contributed by atoms with Gasteiger partial charge in [-0.05, 0) is 86.9 Å². The minimum atomic E-state index is -0.607. The Bertz CT molecular complexity index is 1210. The Morgan fingerprint density at radius 1 is 1.12 bits per heavy atom. The number of carbonyl (C=O) groups is 2. The van der Waals surface area contributed by atoms with Crippen molar-refractivity contribution >= 4 is 46.9 Å². The van der Waals surface area contributed by atoms with E-state index in [0.717, 1.165) is 37.5 Å². The lowest BCUT2D eigenvalue weighted by Crippen LogP contribution is -2.50. The second kappa shape index (κ2) is 14.9. The van der Waals surface area contributed by atoms with Crippen LogP contribution in [0.2, 0.25) is 10.0 Å². The number of nitrogens with two attached hydrogens (primary N) is 3. The number of nitrogens with zero attached hydrogens (tertiary/aromatic N) is 2. The number of halogens is 2. The molecule has 0 aliphatic heterocycles. The molecular weight excluding hydrogens is 561 g/mol. The van der Waals surface area contributed by atoms with Gasteiger partial charge in [-0.15, -0.1) is 0 Å². The maximum Gasteiger partial charge on any atom is 0.251 e. The first-order chi connectivity index (χ1) is 19.3. The summed E-state index contributed by atoms with van der Waals surface area (Å²) in [5.41, 5.74) is 7.36. The molecule has 3 rings (SSSR count). The molecule has 224 valence electrons. The third kappa shape index (κ3) is 9.08. The fourth-order valence-corrected chi connectivity index (χ4v) is 5.88. The molecular formula is C30H43Cl2N7O2. The topological polar surface area (TPSA) is 164 Å². The van der Waals surface area contributed by atoms with Crippen LogP contribution in [0.5, 0.6) is 0 Å². The summed E-state index contributed by atoms with van der Waals surface area (Å²) >= 11 is 12.5. The molecule has 1 unspecified atom stereocenters. The van der Waals surface area contributed by atoms with Crippen LogP contribution in [0.3, 0.4) is 0 Å². The monoisotopic (exact) mass is 603 g/mol. The molecule has 0 aromatic heterocycles. The van der Waals surface area contributed by atoms with E-state index in [9.17, 15) is 9.59 Å². The lowest BCUT2D eigenvalue weighted by atomic mass is 9.69. The van der Waals surface area contributed by atoms with Crippen molar-refractivity contribution < 1.29 is 9.59 Å². The van der Waals surface area contributed by atoms with Crippen molar-refractivity contribution in [3.63, 3.8) is 0 Å². The van der Waals surface area contributed by atoms with E-state index in [0.29, 0.717) is 32.8 Å². The van der Waals surface area contributed by atoms with E-state index in [2.05, 4.69) is 49.6 Å². The van der Waals surface area contributed by atoms with Gasteiger partial charge in [0.2, 0.25) is 0 Å². The van der Waals surface area contributed by atoms with E-state index in [1.54, 1.807) is 30.3 Å². The largest absolute Gasteiger partial charge is 0.386 e. The first-order valence-electron chi connectivity index (χ1n) is 13.5. The summed E-state index contributed by atoms with van der Waals surface area (Å²) in [6.07, 6.45) is 4.36. The summed E-state index contributed by atoms with van der Waals surface area (Å²) in [6.45, 7) is 8.94. The summed E-state index contributed by atoms with van der Waals surface area (Å²) in [5, 5.41) is 10.8. The highest BCUT2D eigenvalue weighted by molar-refractivity contribution is 6.39. The third-order valence-electron chi connectivity index (χ3n) is 7.94. The number of carbonyl (C=O) groups excluding carboxylic acids is 2. The van der Waals surface area contributed by atoms with Crippen LogP contribution in [0.1, 0.15) is 80.9 Å². The Morgan fingerprint density at radius 2 is 1.66 bits per heavy atom. The number of hydrazine groups is 1. The molecule has 0 heterocycles. The van der Waals surface area contributed by atoms with Gasteiger partial charge in [0, 0.05) is 27.2 Å². The van der Waals surface area contributed by atoms with Crippen molar-refractivity contribution in [2.45, 2.75) is 65.1 Å². The number of rotatable bonds is 9. The summed E-state index contributed by atoms with van der Waals surface area (Å²) in [6, 6.07) is 12.4. The minimum Gasteiger partial charge on any atom is -0.386 e. The SMILES string of the molecule is CC(c1ccc(C(=O)NCC(=N)N)cc1)N(C)C1(/N=C(\C=O)c2cc(Cl)cc(Cl)c2)CCC(C(C)(C)C)CC1.NN. The van der Waals surface area contributed by atoms with Gasteiger partial charge in [0.1, 0.15) is 17.2 Å². The molecule has 1 aliphatic carbocycles. The number of hydrogen-bond acceptors (Lipinski definition) is 7. The van der Waals surface area contributed by atoms with Crippen LogP contribution in [0.4, 0.5) is 0 Å². The lowest BCUT2D eigenvalue weighted by Gasteiger charge is -2.48. The van der Waals surface area contributed by atoms with E-state index < -0.39 is 5.66 Å². The van der Waals surface area contributed by atoms with E-state index in [-0.39, 0.29) is 29.7 Å². The average Bonchev–Trinajstić information content (AvgIpc) is 2.94. The summed E-state index contributed by atoms with van der Waals surface area (Å²) in [5.74, 6) is 8.17. The van der Waals surface area contributed by atoms with Gasteiger partial charge in [-0.3, -0.25) is 36.6 Å². The van der Waals surface area contributed by atoms with Crippen LogP contribution in [0.15, 0.2) is 47.5 Å². The second-order valence-electron chi connectivity index (χ2n) is 11.5. The number of amides is 1. The standard InChI is InChI=1S/C30H39Cl2N5O2.H4N2/c1-19(20-6-8-21(9-7-20)28(39)35-17-27(33)34)37(5)30(12-10-23(11-13-30)29(2,3)4)36-26(18-38)22-14-24(31)16-25(32)15-22;1-2/h6-9,14-16,18-19,23H,10-13,17H2,1-5H3,(H3,33,34)(H,35,39);1-2H2/b36-26+;. The average molecular weight is 605 g/mol. The predicted molar refractivity (Wildman–Crippen MR) is 168 cm³/mol. The maximum absolute atomic E-state index is 12.4. The predicted octanol–water partition coefficient (Wildman–Crippen LogP) is 5.09. The highest BCUT2D eigenvalue weighted by atomic mass is 35.5. The molecule has 1 aliphatic rings. The molecule has 1 fully saturated rings. The Morgan fingerprint density at radius 3 is 2.12 bits per heavy atom. The van der Waals surface area contributed by atoms with Crippen molar-refractivity contribution in [3.8, 4) is 0 Å². The molecule has 2 aromatic rings. The maximum atomic E-state index is 12.4. The summed E-state index contributed by atoms with van der Waals surface area (Å²) < 4.78 is 0. The third-order valence-corrected chi connectivity index (χ3v) is 8.38. The van der Waals surface area contributed by atoms with Gasteiger partial charge in [0.15, 0.2) is 6.29 Å². The Balaban J connectivity index is 0.00000287. The number of hydrogen-bond donors (Lipinski definition) is 5. The Kier molecular flexibility index (Phi) is 12.5. The fraction of sp³-hybridized carbons (Fsp3) is 0.467. The molecule has 0 saturated heterocycles. The van der Waals surface area contributed by atoms with Crippen LogP contribution in [0.25, 0.3) is 0 Å². The zero-order valence-corrected chi connectivity index (χ0v) is 26.0. The van der Waals surface area contributed by atoms with Crippen molar-refractivity contribution in [2.24, 2.45) is 33.7 Å². The molecule has 1 saturated carbocycles. The van der Waals surface area contributed by atoms with Gasteiger partial charge in [-0.1, -0.05) is 56.1 Å². The number of amidine groups is 1. The Labute approximate surface area is 253 Å². The van der Waals surface area contributed by atoms with E-state index in [1.807, 2.05) is 19.2 Å². The first-order valence-corrected chi connectivity index (χ1v) is 14.3. The van der Waals surface area contributed by atoms with Crippen molar-refractivity contribution in [1.82, 2.24) is 10.2 Å². The number of nitrogens with one attached hydrogen (secondary N) is 2. The molecule has 1 atom stereocenters. The van der Waals surface area contributed by atoms with Crippen LogP contribution in [-0.4, -0.2) is 47.9 Å². The smallest absolute Gasteiger partial charge is 0.251 e. The van der Waals surface area contributed by atoms with Crippen LogP contribution in [-0.2, 0) is 4.79 Å². The molecule has 1 amide bonds. The van der Waals surface area contributed by atoms with Gasteiger partial charge >= 0.3 is 0 Å². The van der Waals surface area contributed by atoms with Crippen LogP contribution in [0, 0.1) is 16.7 Å². The summed E-state index contributed by atoms with van der Waals surface area (Å²) in [4.78, 5) is 32.1. The van der Waals surface area contributed by atoms with Crippen molar-refractivity contribution in [3.05, 3.63) is 69.2 Å². The molecule has 9 nitrogen and oxygen atoms in total. The van der Waals surface area contributed by atoms with E-state index in [1.165, 1.54) is 0 Å². The molecule has 0 bridgehead atoms. The lowest BCUT2D eigenvalue weighted by molar-refractivity contribution is -0.102. The highest BCUT2D eigenvalue weighted by Gasteiger charge is 2.43. The van der Waals surface area contributed by atoms with E-state index >= 15 is 0 Å². The second-order valence-corrected chi connectivity index (χ2v) is 12.4. The number of benzene rings is 2. The van der Waals surface area contributed by atoms with Gasteiger partial charge in [0.25, 0.3) is 5.91 Å². The molecule has 2 aromatic carbocycles. The molecule has 8 N–H and O–H groups in total. The van der Waals surface area contributed by atoms with Crippen LogP contribution < -0.4 is 22.7 Å². The fourth-order valence-electron chi connectivity index (χ4n) is 5.35. The summed E-state index contributed by atoms with van der Waals surface area (Å²) in [7, 11) is 2.05. The molecule has 11 heteroatoms. The first kappa shape index (κ1) is 34.4. The number of aldehydes is 1. The van der Waals surface area contributed by atoms with Gasteiger partial charge < -0.3 is 11.1 Å².